The maximum absolute atomic E-state index is 11.8. The van der Waals surface area contributed by atoms with E-state index in [1.165, 1.54) is 0 Å². The van der Waals surface area contributed by atoms with Gasteiger partial charge in [0, 0.05) is 17.6 Å². The van der Waals surface area contributed by atoms with Crippen LogP contribution in [0.5, 0.6) is 0 Å². The number of amides is 1. The van der Waals surface area contributed by atoms with E-state index in [2.05, 4.69) is 15.5 Å². The Hall–Kier alpha value is -1.53. The van der Waals surface area contributed by atoms with E-state index >= 15 is 0 Å². The summed E-state index contributed by atoms with van der Waals surface area (Å²) < 4.78 is 0. The summed E-state index contributed by atoms with van der Waals surface area (Å²) >= 11 is 10.7. The van der Waals surface area contributed by atoms with Crippen LogP contribution in [0.25, 0.3) is 0 Å². The van der Waals surface area contributed by atoms with Crippen molar-refractivity contribution in [1.82, 2.24) is 10.2 Å². The van der Waals surface area contributed by atoms with Crippen molar-refractivity contribution in [3.05, 3.63) is 34.9 Å². The lowest BCUT2D eigenvalue weighted by Gasteiger charge is -2.17. The summed E-state index contributed by atoms with van der Waals surface area (Å²) in [5.74, 6) is -0.173. The maximum atomic E-state index is 11.8. The first-order chi connectivity index (χ1) is 8.58. The van der Waals surface area contributed by atoms with Crippen molar-refractivity contribution in [1.29, 1.82) is 0 Å². The third-order valence-corrected chi connectivity index (χ3v) is 3.20. The summed E-state index contributed by atoms with van der Waals surface area (Å²) in [5, 5.41) is 11.5. The van der Waals surface area contributed by atoms with E-state index in [1.54, 1.807) is 36.2 Å². The average Bonchev–Trinajstić information content (AvgIpc) is 2.68. The molecule has 94 valence electrons. The predicted octanol–water partition coefficient (Wildman–Crippen LogP) is 2.08. The molecular formula is C11H11ClN4OS. The van der Waals surface area contributed by atoms with E-state index in [1.807, 2.05) is 0 Å². The Bertz CT molecular complexity index is 502. The van der Waals surface area contributed by atoms with Crippen molar-refractivity contribution in [2.24, 2.45) is 10.2 Å². The molecule has 5 nitrogen and oxygen atoms in total. The van der Waals surface area contributed by atoms with Gasteiger partial charge in [-0.1, -0.05) is 11.6 Å². The van der Waals surface area contributed by atoms with Crippen LogP contribution in [0.15, 0.2) is 34.5 Å². The van der Waals surface area contributed by atoms with E-state index in [0.29, 0.717) is 22.2 Å². The number of hydrogen-bond donors (Lipinski definition) is 1. The van der Waals surface area contributed by atoms with Gasteiger partial charge in [0.05, 0.1) is 6.54 Å². The highest BCUT2D eigenvalue weighted by Crippen LogP contribution is 2.11. The molecule has 1 atom stereocenters. The number of benzene rings is 1. The van der Waals surface area contributed by atoms with Gasteiger partial charge in [-0.05, 0) is 36.5 Å². The van der Waals surface area contributed by atoms with Crippen molar-refractivity contribution < 1.29 is 4.79 Å². The molecule has 1 heterocycles. The SMILES string of the molecule is CN1C(=S)N=NC1CNC(=O)c1ccc(Cl)cc1. The monoisotopic (exact) mass is 282 g/mol. The molecule has 2 rings (SSSR count). The molecule has 1 aliphatic heterocycles. The largest absolute Gasteiger partial charge is 0.348 e. The minimum Gasteiger partial charge on any atom is -0.348 e. The van der Waals surface area contributed by atoms with Crippen LogP contribution in [0.1, 0.15) is 10.4 Å². The first kappa shape index (κ1) is 12.9. The number of nitrogens with one attached hydrogen (secondary N) is 1. The highest BCUT2D eigenvalue weighted by Gasteiger charge is 2.22. The Balaban J connectivity index is 1.91. The Morgan fingerprint density at radius 2 is 2.17 bits per heavy atom. The Morgan fingerprint density at radius 1 is 1.50 bits per heavy atom. The summed E-state index contributed by atoms with van der Waals surface area (Å²) in [4.78, 5) is 13.6. The summed E-state index contributed by atoms with van der Waals surface area (Å²) in [7, 11) is 1.79. The second-order valence-electron chi connectivity index (χ2n) is 3.81. The summed E-state index contributed by atoms with van der Waals surface area (Å²) in [6.45, 7) is 0.363. The van der Waals surface area contributed by atoms with Gasteiger partial charge in [0.15, 0.2) is 6.17 Å². The lowest BCUT2D eigenvalue weighted by atomic mass is 10.2. The molecule has 0 aliphatic carbocycles. The zero-order valence-corrected chi connectivity index (χ0v) is 11.2. The van der Waals surface area contributed by atoms with Crippen LogP contribution in [0.4, 0.5) is 0 Å². The number of nitrogens with zero attached hydrogens (tertiary/aromatic N) is 3. The topological polar surface area (TPSA) is 57.1 Å². The van der Waals surface area contributed by atoms with Crippen molar-refractivity contribution in [2.45, 2.75) is 6.17 Å². The van der Waals surface area contributed by atoms with E-state index in [4.69, 9.17) is 23.8 Å². The summed E-state index contributed by atoms with van der Waals surface area (Å²) in [6, 6.07) is 6.68. The molecule has 1 N–H and O–H groups in total. The van der Waals surface area contributed by atoms with Crippen LogP contribution in [-0.2, 0) is 0 Å². The number of rotatable bonds is 3. The molecule has 0 fully saturated rings. The van der Waals surface area contributed by atoms with Gasteiger partial charge >= 0.3 is 0 Å². The highest BCUT2D eigenvalue weighted by atomic mass is 35.5. The van der Waals surface area contributed by atoms with Crippen LogP contribution < -0.4 is 5.32 Å². The van der Waals surface area contributed by atoms with Gasteiger partial charge in [-0.25, -0.2) is 0 Å². The normalized spacial score (nSPS) is 18.2. The smallest absolute Gasteiger partial charge is 0.251 e. The molecule has 0 aromatic heterocycles. The molecule has 1 aromatic rings. The number of likely N-dealkylation sites (N-methyl/N-ethyl adjacent to an activating group) is 1. The number of hydrogen-bond acceptors (Lipinski definition) is 3. The van der Waals surface area contributed by atoms with Crippen molar-refractivity contribution >= 4 is 34.8 Å². The fourth-order valence-electron chi connectivity index (χ4n) is 1.46. The minimum absolute atomic E-state index is 0.173. The van der Waals surface area contributed by atoms with Gasteiger partial charge in [0.25, 0.3) is 5.91 Å². The summed E-state index contributed by atoms with van der Waals surface area (Å²) in [6.07, 6.45) is -0.228. The van der Waals surface area contributed by atoms with Crippen LogP contribution in [0, 0.1) is 0 Å². The average molecular weight is 283 g/mol. The molecule has 0 saturated carbocycles. The number of thiocarbonyl (C=S) groups is 1. The molecule has 0 spiro atoms. The van der Waals surface area contributed by atoms with Crippen LogP contribution in [-0.4, -0.2) is 35.7 Å². The first-order valence-electron chi connectivity index (χ1n) is 5.29. The number of halogens is 1. The van der Waals surface area contributed by atoms with Gasteiger partial charge < -0.3 is 10.2 Å². The van der Waals surface area contributed by atoms with Gasteiger partial charge in [0.1, 0.15) is 0 Å². The number of azo groups is 1. The highest BCUT2D eigenvalue weighted by molar-refractivity contribution is 7.80. The van der Waals surface area contributed by atoms with Crippen LogP contribution >= 0.6 is 23.8 Å². The van der Waals surface area contributed by atoms with Gasteiger partial charge in [-0.15, -0.1) is 5.11 Å². The zero-order chi connectivity index (χ0) is 13.1. The molecule has 0 saturated heterocycles. The lowest BCUT2D eigenvalue weighted by Crippen LogP contribution is -2.39. The van der Waals surface area contributed by atoms with E-state index in [-0.39, 0.29) is 12.1 Å². The maximum Gasteiger partial charge on any atom is 0.251 e. The minimum atomic E-state index is -0.228. The molecule has 18 heavy (non-hydrogen) atoms. The standard InChI is InChI=1S/C11H11ClN4OS/c1-16-9(14-15-11(16)18)6-13-10(17)7-2-4-8(12)5-3-7/h2-5,9H,6H2,1H3,(H,13,17). The Kier molecular flexibility index (Phi) is 3.88. The zero-order valence-electron chi connectivity index (χ0n) is 9.63. The summed E-state index contributed by atoms with van der Waals surface area (Å²) in [5.41, 5.74) is 0.555. The van der Waals surface area contributed by atoms with Gasteiger partial charge in [0.2, 0.25) is 5.11 Å². The third kappa shape index (κ3) is 2.83. The lowest BCUT2D eigenvalue weighted by molar-refractivity contribution is 0.0946. The predicted molar refractivity (Wildman–Crippen MR) is 72.8 cm³/mol. The van der Waals surface area contributed by atoms with Crippen LogP contribution in [0.3, 0.4) is 0 Å². The second kappa shape index (κ2) is 5.41. The molecule has 1 amide bonds. The molecular weight excluding hydrogens is 272 g/mol. The van der Waals surface area contributed by atoms with Crippen molar-refractivity contribution in [3.63, 3.8) is 0 Å². The van der Waals surface area contributed by atoms with Crippen LogP contribution in [0.2, 0.25) is 5.02 Å². The van der Waals surface area contributed by atoms with Gasteiger partial charge in [-0.3, -0.25) is 4.79 Å². The first-order valence-corrected chi connectivity index (χ1v) is 6.08. The molecule has 1 unspecified atom stereocenters. The molecule has 0 radical (unpaired) electrons. The third-order valence-electron chi connectivity index (χ3n) is 2.58. The van der Waals surface area contributed by atoms with Crippen molar-refractivity contribution in [3.8, 4) is 0 Å². The quantitative estimate of drug-likeness (QED) is 0.864. The van der Waals surface area contributed by atoms with E-state index in [9.17, 15) is 4.79 Å². The Morgan fingerprint density at radius 3 is 2.72 bits per heavy atom. The number of carbonyl (C=O) groups is 1. The van der Waals surface area contributed by atoms with Gasteiger partial charge in [-0.2, -0.15) is 5.11 Å². The molecule has 0 bridgehead atoms. The number of carbonyl (C=O) groups excluding carboxylic acids is 1. The Labute approximate surface area is 115 Å². The second-order valence-corrected chi connectivity index (χ2v) is 4.61. The molecule has 1 aromatic carbocycles. The van der Waals surface area contributed by atoms with E-state index in [0.717, 1.165) is 0 Å². The fourth-order valence-corrected chi connectivity index (χ4v) is 1.75. The van der Waals surface area contributed by atoms with E-state index < -0.39 is 0 Å². The molecule has 7 heteroatoms. The van der Waals surface area contributed by atoms with Crippen molar-refractivity contribution in [2.75, 3.05) is 13.6 Å². The fraction of sp³-hybridized carbons (Fsp3) is 0.273. The molecule has 1 aliphatic rings.